The zero-order valence-corrected chi connectivity index (χ0v) is 8.84. The molecule has 0 aliphatic carbocycles. The van der Waals surface area contributed by atoms with E-state index in [1.54, 1.807) is 11.3 Å². The maximum absolute atomic E-state index is 11.3. The van der Waals surface area contributed by atoms with Gasteiger partial charge in [-0.3, -0.25) is 4.79 Å². The van der Waals surface area contributed by atoms with E-state index in [0.717, 1.165) is 17.1 Å². The Labute approximate surface area is 85.5 Å². The lowest BCUT2D eigenvalue weighted by molar-refractivity contribution is 0.100. The number of fused-ring (bicyclic) bond motifs is 1. The lowest BCUT2D eigenvalue weighted by Gasteiger charge is -2.08. The zero-order valence-electron chi connectivity index (χ0n) is 7.21. The van der Waals surface area contributed by atoms with Crippen LogP contribution in [0.3, 0.4) is 0 Å². The average Bonchev–Trinajstić information content (AvgIpc) is 2.59. The van der Waals surface area contributed by atoms with E-state index in [1.165, 1.54) is 16.2 Å². The smallest absolute Gasteiger partial charge is 0.186 e. The first kappa shape index (κ1) is 9.24. The van der Waals surface area contributed by atoms with Crippen LogP contribution in [0.4, 0.5) is 0 Å². The Hall–Kier alpha value is -0.320. The second-order valence-corrected chi connectivity index (χ2v) is 5.23. The van der Waals surface area contributed by atoms with Crippen LogP contribution < -0.4 is 5.73 Å². The van der Waals surface area contributed by atoms with Crippen molar-refractivity contribution in [2.75, 3.05) is 12.3 Å². The molecule has 2 rings (SSSR count). The van der Waals surface area contributed by atoms with Crippen molar-refractivity contribution in [3.05, 3.63) is 21.4 Å². The van der Waals surface area contributed by atoms with Crippen molar-refractivity contribution in [3.63, 3.8) is 0 Å². The van der Waals surface area contributed by atoms with Crippen molar-refractivity contribution in [3.8, 4) is 0 Å². The molecule has 0 unspecified atom stereocenters. The molecule has 0 amide bonds. The number of carbonyl (C=O) groups is 1. The Morgan fingerprint density at radius 1 is 1.62 bits per heavy atom. The van der Waals surface area contributed by atoms with Gasteiger partial charge < -0.3 is 5.73 Å². The highest BCUT2D eigenvalue weighted by Gasteiger charge is 2.16. The fourth-order valence-corrected chi connectivity index (χ4v) is 3.71. The van der Waals surface area contributed by atoms with E-state index in [-0.39, 0.29) is 12.3 Å². The van der Waals surface area contributed by atoms with Crippen molar-refractivity contribution in [1.29, 1.82) is 0 Å². The monoisotopic (exact) mass is 213 g/mol. The topological polar surface area (TPSA) is 43.1 Å². The van der Waals surface area contributed by atoms with E-state index in [2.05, 4.69) is 0 Å². The zero-order chi connectivity index (χ0) is 9.26. The minimum Gasteiger partial charge on any atom is -0.324 e. The molecule has 13 heavy (non-hydrogen) atoms. The number of nitrogens with two attached hydrogens (primary N) is 1. The van der Waals surface area contributed by atoms with Crippen molar-refractivity contribution in [2.24, 2.45) is 5.73 Å². The highest BCUT2D eigenvalue weighted by Crippen LogP contribution is 2.31. The van der Waals surface area contributed by atoms with E-state index in [9.17, 15) is 4.79 Å². The van der Waals surface area contributed by atoms with Gasteiger partial charge in [0, 0.05) is 10.6 Å². The van der Waals surface area contributed by atoms with Gasteiger partial charge in [-0.2, -0.15) is 11.8 Å². The Kier molecular flexibility index (Phi) is 2.71. The van der Waals surface area contributed by atoms with Crippen LogP contribution in [-0.2, 0) is 12.2 Å². The van der Waals surface area contributed by atoms with E-state index in [4.69, 9.17) is 5.73 Å². The molecule has 1 aliphatic rings. The van der Waals surface area contributed by atoms with E-state index in [1.807, 2.05) is 17.8 Å². The molecule has 2 N–H and O–H groups in total. The third-order valence-electron chi connectivity index (χ3n) is 2.09. The predicted molar refractivity (Wildman–Crippen MR) is 57.6 cm³/mol. The van der Waals surface area contributed by atoms with Crippen LogP contribution in [0.25, 0.3) is 0 Å². The third kappa shape index (κ3) is 1.80. The first-order valence-corrected chi connectivity index (χ1v) is 6.21. The largest absolute Gasteiger partial charge is 0.324 e. The van der Waals surface area contributed by atoms with Gasteiger partial charge in [0.25, 0.3) is 0 Å². The van der Waals surface area contributed by atoms with Crippen LogP contribution in [0.1, 0.15) is 20.1 Å². The molecule has 0 radical (unpaired) electrons. The number of carbonyl (C=O) groups excluding carboxylic acids is 1. The minimum absolute atomic E-state index is 0.0735. The summed E-state index contributed by atoms with van der Waals surface area (Å²) in [7, 11) is 0. The number of Topliss-reactive ketones (excluding diaryl/α,β-unsaturated/α-hetero) is 1. The van der Waals surface area contributed by atoms with Gasteiger partial charge in [-0.1, -0.05) is 0 Å². The molecular formula is C9H11NOS2. The summed E-state index contributed by atoms with van der Waals surface area (Å²) < 4.78 is 0. The average molecular weight is 213 g/mol. The number of rotatable bonds is 2. The summed E-state index contributed by atoms with van der Waals surface area (Å²) in [5.74, 6) is 2.32. The molecule has 70 valence electrons. The molecule has 0 bridgehead atoms. The molecule has 2 nitrogen and oxygen atoms in total. The molecule has 4 heteroatoms. The number of ketones is 1. The molecule has 2 heterocycles. The van der Waals surface area contributed by atoms with Crippen molar-refractivity contribution in [2.45, 2.75) is 12.2 Å². The summed E-state index contributed by atoms with van der Waals surface area (Å²) in [4.78, 5) is 13.5. The van der Waals surface area contributed by atoms with Gasteiger partial charge in [0.15, 0.2) is 5.78 Å². The number of thioether (sulfide) groups is 1. The molecule has 1 aromatic heterocycles. The van der Waals surface area contributed by atoms with Gasteiger partial charge in [-0.25, -0.2) is 0 Å². The minimum atomic E-state index is 0.0735. The van der Waals surface area contributed by atoms with Crippen LogP contribution in [0.5, 0.6) is 0 Å². The molecular weight excluding hydrogens is 202 g/mol. The van der Waals surface area contributed by atoms with Crippen molar-refractivity contribution < 1.29 is 4.79 Å². The third-order valence-corrected chi connectivity index (χ3v) is 4.37. The first-order valence-electron chi connectivity index (χ1n) is 4.24. The van der Waals surface area contributed by atoms with E-state index >= 15 is 0 Å². The second kappa shape index (κ2) is 3.82. The number of thiophene rings is 1. The predicted octanol–water partition coefficient (Wildman–Crippen LogP) is 1.68. The maximum Gasteiger partial charge on any atom is 0.186 e. The fourth-order valence-electron chi connectivity index (χ4n) is 1.39. The lowest BCUT2D eigenvalue weighted by atomic mass is 10.2. The van der Waals surface area contributed by atoms with Crippen LogP contribution in [0, 0.1) is 0 Å². The van der Waals surface area contributed by atoms with Crippen LogP contribution >= 0.6 is 23.1 Å². The molecule has 0 fully saturated rings. The number of hydrogen-bond donors (Lipinski definition) is 1. The van der Waals surface area contributed by atoms with Gasteiger partial charge >= 0.3 is 0 Å². The lowest BCUT2D eigenvalue weighted by Crippen LogP contribution is -2.11. The fraction of sp³-hybridized carbons (Fsp3) is 0.444. The Bertz CT molecular complexity index is 309. The summed E-state index contributed by atoms with van der Waals surface area (Å²) in [5.41, 5.74) is 6.66. The normalized spacial score (nSPS) is 15.5. The summed E-state index contributed by atoms with van der Waals surface area (Å²) in [6, 6.07) is 2.02. The Morgan fingerprint density at radius 2 is 2.46 bits per heavy atom. The maximum atomic E-state index is 11.3. The van der Waals surface area contributed by atoms with Crippen LogP contribution in [0.15, 0.2) is 6.07 Å². The highest BCUT2D eigenvalue weighted by atomic mass is 32.2. The van der Waals surface area contributed by atoms with Crippen molar-refractivity contribution >= 4 is 28.9 Å². The van der Waals surface area contributed by atoms with E-state index in [0.29, 0.717) is 0 Å². The SMILES string of the molecule is NCC(=O)c1cc2c(s1)CCSC2. The Balaban J connectivity index is 2.30. The van der Waals surface area contributed by atoms with Gasteiger partial charge in [0.05, 0.1) is 11.4 Å². The van der Waals surface area contributed by atoms with Gasteiger partial charge in [0.2, 0.25) is 0 Å². The second-order valence-electron chi connectivity index (χ2n) is 2.99. The van der Waals surface area contributed by atoms with Gasteiger partial charge in [0.1, 0.15) is 0 Å². The standard InChI is InChI=1S/C9H11NOS2/c10-4-7(11)9-3-6-5-12-2-1-8(6)13-9/h3H,1-2,4-5,10H2. The quantitative estimate of drug-likeness (QED) is 0.760. The molecule has 0 saturated carbocycles. The number of hydrogen-bond acceptors (Lipinski definition) is 4. The van der Waals surface area contributed by atoms with Crippen LogP contribution in [0.2, 0.25) is 0 Å². The summed E-state index contributed by atoms with van der Waals surface area (Å²) in [6.07, 6.45) is 1.11. The number of aryl methyl sites for hydroxylation is 1. The molecule has 0 aromatic carbocycles. The first-order chi connectivity index (χ1) is 6.31. The Morgan fingerprint density at radius 3 is 3.15 bits per heavy atom. The van der Waals surface area contributed by atoms with Gasteiger partial charge in [-0.15, -0.1) is 11.3 Å². The molecule has 0 saturated heterocycles. The summed E-state index contributed by atoms with van der Waals surface area (Å²) >= 11 is 3.56. The molecule has 0 spiro atoms. The van der Waals surface area contributed by atoms with E-state index < -0.39 is 0 Å². The van der Waals surface area contributed by atoms with Crippen molar-refractivity contribution in [1.82, 2.24) is 0 Å². The summed E-state index contributed by atoms with van der Waals surface area (Å²) in [5, 5.41) is 0. The molecule has 1 aromatic rings. The van der Waals surface area contributed by atoms with Crippen LogP contribution in [-0.4, -0.2) is 18.1 Å². The molecule has 1 aliphatic heterocycles. The highest BCUT2D eigenvalue weighted by molar-refractivity contribution is 7.98. The summed E-state index contributed by atoms with van der Waals surface area (Å²) in [6.45, 7) is 0.131. The molecule has 0 atom stereocenters. The van der Waals surface area contributed by atoms with Gasteiger partial charge in [-0.05, 0) is 23.8 Å².